The number of pyridine rings is 1. The van der Waals surface area contributed by atoms with Crippen LogP contribution in [0, 0.1) is 10.1 Å². The van der Waals surface area contributed by atoms with Gasteiger partial charge in [-0.15, -0.1) is 10.2 Å². The van der Waals surface area contributed by atoms with E-state index in [1.165, 1.54) is 47.1 Å². The van der Waals surface area contributed by atoms with E-state index in [9.17, 15) is 14.9 Å². The van der Waals surface area contributed by atoms with Gasteiger partial charge in [0.1, 0.15) is 11.2 Å². The molecule has 0 saturated heterocycles. The summed E-state index contributed by atoms with van der Waals surface area (Å²) in [6, 6.07) is 2.92. The van der Waals surface area contributed by atoms with Crippen LogP contribution in [0.4, 0.5) is 5.69 Å². The Morgan fingerprint density at radius 2 is 2.15 bits per heavy atom. The van der Waals surface area contributed by atoms with Crippen LogP contribution < -0.4 is 5.73 Å². The molecule has 2 heterocycles. The van der Waals surface area contributed by atoms with Crippen LogP contribution in [0.2, 0.25) is 0 Å². The first-order valence-electron chi connectivity index (χ1n) is 5.07. The van der Waals surface area contributed by atoms with Crippen LogP contribution in [-0.4, -0.2) is 31.8 Å². The first-order valence-corrected chi connectivity index (χ1v) is 7.69. The van der Waals surface area contributed by atoms with Crippen LogP contribution in [0.15, 0.2) is 32.0 Å². The molecule has 0 saturated carbocycles. The number of nitrogens with two attached hydrogens (primary N) is 1. The molecule has 1 amide bonds. The number of nitrogens with zero attached hydrogens (tertiary/aromatic N) is 4. The molecule has 0 aliphatic rings. The van der Waals surface area contributed by atoms with Crippen molar-refractivity contribution in [3.8, 4) is 0 Å². The third-order valence-electron chi connectivity index (χ3n) is 1.85. The molecule has 2 rings (SSSR count). The number of aromatic nitrogens is 3. The van der Waals surface area contributed by atoms with Gasteiger partial charge in [-0.05, 0) is 17.8 Å². The highest BCUT2D eigenvalue weighted by Gasteiger charge is 2.10. The highest BCUT2D eigenvalue weighted by atomic mass is 32.2. The zero-order valence-corrected chi connectivity index (χ0v) is 12.2. The molecule has 0 bridgehead atoms. The van der Waals surface area contributed by atoms with Crippen molar-refractivity contribution in [3.63, 3.8) is 0 Å². The highest BCUT2D eigenvalue weighted by Crippen LogP contribution is 2.32. The number of rotatable bonds is 6. The summed E-state index contributed by atoms with van der Waals surface area (Å²) in [5.74, 6) is -0.272. The quantitative estimate of drug-likeness (QED) is 0.481. The fourth-order valence-corrected chi connectivity index (χ4v) is 3.71. The summed E-state index contributed by atoms with van der Waals surface area (Å²) >= 11 is 3.76. The molecule has 0 spiro atoms. The van der Waals surface area contributed by atoms with Crippen LogP contribution in [0.3, 0.4) is 0 Å². The smallest absolute Gasteiger partial charge is 0.287 e. The highest BCUT2D eigenvalue weighted by molar-refractivity contribution is 8.03. The van der Waals surface area contributed by atoms with Crippen molar-refractivity contribution in [1.82, 2.24) is 15.2 Å². The minimum absolute atomic E-state index is 0.0654. The van der Waals surface area contributed by atoms with Gasteiger partial charge in [-0.25, -0.2) is 4.98 Å². The van der Waals surface area contributed by atoms with Crippen LogP contribution in [0.25, 0.3) is 0 Å². The summed E-state index contributed by atoms with van der Waals surface area (Å²) in [7, 11) is 0. The molecule has 0 unspecified atom stereocenters. The Bertz CT molecular complexity index is 630. The molecule has 8 nitrogen and oxygen atoms in total. The van der Waals surface area contributed by atoms with E-state index in [-0.39, 0.29) is 11.4 Å². The van der Waals surface area contributed by atoms with Crippen molar-refractivity contribution in [1.29, 1.82) is 0 Å². The SMILES string of the molecule is NC(=O)CSc1nnc(Sc2ccc([N+](=O)[O-])cn2)s1. The summed E-state index contributed by atoms with van der Waals surface area (Å²) in [4.78, 5) is 24.6. The topological polar surface area (TPSA) is 125 Å². The van der Waals surface area contributed by atoms with Gasteiger partial charge in [0.2, 0.25) is 5.91 Å². The second kappa shape index (κ2) is 6.63. The predicted molar refractivity (Wildman–Crippen MR) is 74.8 cm³/mol. The molecule has 11 heteroatoms. The summed E-state index contributed by atoms with van der Waals surface area (Å²) in [6.07, 6.45) is 1.19. The van der Waals surface area contributed by atoms with E-state index in [2.05, 4.69) is 15.2 Å². The van der Waals surface area contributed by atoms with E-state index < -0.39 is 10.8 Å². The molecule has 2 aromatic rings. The second-order valence-corrected chi connectivity index (χ2v) is 6.77. The summed E-state index contributed by atoms with van der Waals surface area (Å²) < 4.78 is 1.27. The van der Waals surface area contributed by atoms with Crippen LogP contribution in [-0.2, 0) is 4.79 Å². The average molecular weight is 329 g/mol. The number of hydrogen-bond acceptors (Lipinski definition) is 9. The minimum Gasteiger partial charge on any atom is -0.369 e. The molecule has 20 heavy (non-hydrogen) atoms. The van der Waals surface area contributed by atoms with Gasteiger partial charge in [0.15, 0.2) is 8.68 Å². The van der Waals surface area contributed by atoms with E-state index in [0.717, 1.165) is 0 Å². The maximum atomic E-state index is 10.6. The van der Waals surface area contributed by atoms with Crippen LogP contribution in [0.1, 0.15) is 0 Å². The van der Waals surface area contributed by atoms with Crippen molar-refractivity contribution >= 4 is 46.5 Å². The monoisotopic (exact) mass is 329 g/mol. The van der Waals surface area contributed by atoms with E-state index >= 15 is 0 Å². The van der Waals surface area contributed by atoms with E-state index in [1.807, 2.05) is 0 Å². The lowest BCUT2D eigenvalue weighted by molar-refractivity contribution is -0.385. The lowest BCUT2D eigenvalue weighted by Gasteiger charge is -1.95. The molecule has 104 valence electrons. The first-order chi connectivity index (χ1) is 9.54. The molecule has 0 aliphatic carbocycles. The molecule has 2 aromatic heterocycles. The summed E-state index contributed by atoms with van der Waals surface area (Å²) in [5.41, 5.74) is 4.97. The Morgan fingerprint density at radius 3 is 2.75 bits per heavy atom. The zero-order valence-electron chi connectivity index (χ0n) is 9.75. The van der Waals surface area contributed by atoms with Gasteiger partial charge in [-0.1, -0.05) is 23.1 Å². The van der Waals surface area contributed by atoms with Gasteiger partial charge < -0.3 is 5.73 Å². The molecular weight excluding hydrogens is 322 g/mol. The van der Waals surface area contributed by atoms with E-state index in [1.54, 1.807) is 6.07 Å². The third-order valence-corrected chi connectivity index (χ3v) is 4.93. The standard InChI is InChI=1S/C9H7N5O3S3/c10-6(15)4-18-8-12-13-9(20-8)19-7-2-1-5(3-11-7)14(16)17/h1-3H,4H2,(H2,10,15). The third kappa shape index (κ3) is 4.15. The Labute approximate surface area is 125 Å². The van der Waals surface area contributed by atoms with Gasteiger partial charge in [-0.2, -0.15) is 0 Å². The van der Waals surface area contributed by atoms with E-state index in [4.69, 9.17) is 5.73 Å². The van der Waals surface area contributed by atoms with Crippen molar-refractivity contribution in [2.45, 2.75) is 13.7 Å². The predicted octanol–water partition coefficient (Wildman–Crippen LogP) is 1.57. The summed E-state index contributed by atoms with van der Waals surface area (Å²) in [6.45, 7) is 0. The first kappa shape index (κ1) is 14.7. The Kier molecular flexibility index (Phi) is 4.87. The van der Waals surface area contributed by atoms with Crippen molar-refractivity contribution in [2.75, 3.05) is 5.75 Å². The van der Waals surface area contributed by atoms with Crippen LogP contribution >= 0.6 is 34.9 Å². The number of amides is 1. The Hall–Kier alpha value is -1.72. The lowest BCUT2D eigenvalue weighted by Crippen LogP contribution is -2.12. The fourth-order valence-electron chi connectivity index (χ4n) is 1.06. The van der Waals surface area contributed by atoms with Crippen LogP contribution in [0.5, 0.6) is 0 Å². The largest absolute Gasteiger partial charge is 0.369 e. The minimum atomic E-state index is -0.509. The zero-order chi connectivity index (χ0) is 14.5. The molecular formula is C9H7N5O3S3. The molecule has 0 radical (unpaired) electrons. The normalized spacial score (nSPS) is 10.4. The maximum Gasteiger partial charge on any atom is 0.287 e. The number of hydrogen-bond donors (Lipinski definition) is 1. The van der Waals surface area contributed by atoms with Gasteiger partial charge in [0.25, 0.3) is 5.69 Å². The molecule has 0 fully saturated rings. The second-order valence-electron chi connectivity index (χ2n) is 3.30. The van der Waals surface area contributed by atoms with Gasteiger partial charge in [0, 0.05) is 6.07 Å². The fraction of sp³-hybridized carbons (Fsp3) is 0.111. The maximum absolute atomic E-state index is 10.6. The lowest BCUT2D eigenvalue weighted by atomic mass is 10.4. The number of nitro groups is 1. The molecule has 2 N–H and O–H groups in total. The van der Waals surface area contributed by atoms with Crippen molar-refractivity contribution < 1.29 is 9.72 Å². The average Bonchev–Trinajstić information content (AvgIpc) is 2.84. The van der Waals surface area contributed by atoms with Gasteiger partial charge in [-0.3, -0.25) is 14.9 Å². The van der Waals surface area contributed by atoms with Crippen molar-refractivity contribution in [2.24, 2.45) is 5.73 Å². The molecule has 0 aromatic carbocycles. The molecule has 0 aliphatic heterocycles. The van der Waals surface area contributed by atoms with Crippen molar-refractivity contribution in [3.05, 3.63) is 28.4 Å². The van der Waals surface area contributed by atoms with Gasteiger partial charge >= 0.3 is 0 Å². The number of thioether (sulfide) groups is 1. The number of carbonyl (C=O) groups excluding carboxylic acids is 1. The van der Waals surface area contributed by atoms with Gasteiger partial charge in [0.05, 0.1) is 10.7 Å². The van der Waals surface area contributed by atoms with E-state index in [0.29, 0.717) is 13.7 Å². The number of carbonyl (C=O) groups is 1. The summed E-state index contributed by atoms with van der Waals surface area (Å²) in [5, 5.41) is 18.9. The molecule has 0 atom stereocenters. The number of primary amides is 1. The Morgan fingerprint density at radius 1 is 1.40 bits per heavy atom. The Balaban J connectivity index is 1.99.